The molecule has 0 spiro atoms. The number of hydrogen-bond acceptors (Lipinski definition) is 5. The van der Waals surface area contributed by atoms with E-state index in [0.717, 1.165) is 24.4 Å². The van der Waals surface area contributed by atoms with Crippen molar-refractivity contribution in [3.05, 3.63) is 29.8 Å². The van der Waals surface area contributed by atoms with E-state index < -0.39 is 9.84 Å². The Labute approximate surface area is 149 Å². The molecule has 1 amide bonds. The van der Waals surface area contributed by atoms with Crippen LogP contribution in [0.3, 0.4) is 0 Å². The summed E-state index contributed by atoms with van der Waals surface area (Å²) in [6.07, 6.45) is 1.43. The molecular formula is C18H26N2O4S. The summed E-state index contributed by atoms with van der Waals surface area (Å²) in [6, 6.07) is 8.01. The molecule has 2 saturated heterocycles. The first-order valence-corrected chi connectivity index (χ1v) is 10.7. The van der Waals surface area contributed by atoms with Crippen LogP contribution in [0.2, 0.25) is 0 Å². The molecule has 0 N–H and O–H groups in total. The van der Waals surface area contributed by atoms with Crippen LogP contribution in [0, 0.1) is 6.92 Å². The zero-order chi connectivity index (χ0) is 17.9. The number of nitrogens with zero attached hydrogens (tertiary/aromatic N) is 2. The van der Waals surface area contributed by atoms with E-state index in [1.165, 1.54) is 0 Å². The minimum Gasteiger partial charge on any atom is -0.484 e. The number of sulfone groups is 1. The summed E-state index contributed by atoms with van der Waals surface area (Å²) in [6.45, 7) is 5.00. The predicted molar refractivity (Wildman–Crippen MR) is 96.5 cm³/mol. The number of ether oxygens (including phenoxy) is 1. The molecule has 0 aromatic heterocycles. The van der Waals surface area contributed by atoms with Gasteiger partial charge in [-0.15, -0.1) is 0 Å². The second-order valence-electron chi connectivity index (χ2n) is 6.85. The molecule has 2 aliphatic heterocycles. The lowest BCUT2D eigenvalue weighted by Gasteiger charge is -2.40. The Morgan fingerprint density at radius 3 is 2.40 bits per heavy atom. The lowest BCUT2D eigenvalue weighted by atomic mass is 10.1. The van der Waals surface area contributed by atoms with Crippen LogP contribution in [0.5, 0.6) is 5.75 Å². The molecule has 1 aromatic rings. The highest BCUT2D eigenvalue weighted by molar-refractivity contribution is 7.91. The van der Waals surface area contributed by atoms with Gasteiger partial charge in [0.05, 0.1) is 11.5 Å². The minimum atomic E-state index is -2.82. The maximum absolute atomic E-state index is 12.4. The van der Waals surface area contributed by atoms with Crippen molar-refractivity contribution < 1.29 is 17.9 Å². The maximum Gasteiger partial charge on any atom is 0.260 e. The van der Waals surface area contributed by atoms with Gasteiger partial charge in [-0.05, 0) is 31.4 Å². The van der Waals surface area contributed by atoms with Crippen molar-refractivity contribution in [3.8, 4) is 5.75 Å². The third-order valence-electron chi connectivity index (χ3n) is 5.15. The van der Waals surface area contributed by atoms with Crippen LogP contribution in [-0.4, -0.2) is 74.5 Å². The first kappa shape index (κ1) is 18.2. The van der Waals surface area contributed by atoms with E-state index in [1.807, 2.05) is 36.1 Å². The van der Waals surface area contributed by atoms with Crippen LogP contribution < -0.4 is 4.74 Å². The van der Waals surface area contributed by atoms with E-state index in [2.05, 4.69) is 4.90 Å². The molecule has 0 atom stereocenters. The standard InChI is InChI=1S/C18H26N2O4S/c1-15-4-2-3-5-17(15)24-14-18(21)20-10-8-19(9-11-20)16-6-12-25(22,23)13-7-16/h2-5,16H,6-14H2,1H3. The summed E-state index contributed by atoms with van der Waals surface area (Å²) in [5.41, 5.74) is 1.02. The molecule has 138 valence electrons. The topological polar surface area (TPSA) is 66.9 Å². The Kier molecular flexibility index (Phi) is 5.64. The normalized spacial score (nSPS) is 21.9. The lowest BCUT2D eigenvalue weighted by molar-refractivity contribution is -0.135. The number of carbonyl (C=O) groups excluding carboxylic acids is 1. The summed E-state index contributed by atoms with van der Waals surface area (Å²) in [5, 5.41) is 0. The quantitative estimate of drug-likeness (QED) is 0.798. The van der Waals surface area contributed by atoms with Gasteiger partial charge in [0, 0.05) is 32.2 Å². The van der Waals surface area contributed by atoms with Gasteiger partial charge in [-0.3, -0.25) is 9.69 Å². The first-order valence-electron chi connectivity index (χ1n) is 8.85. The zero-order valence-corrected chi connectivity index (χ0v) is 15.5. The van der Waals surface area contributed by atoms with Gasteiger partial charge >= 0.3 is 0 Å². The first-order chi connectivity index (χ1) is 11.9. The fraction of sp³-hybridized carbons (Fsp3) is 0.611. The highest BCUT2D eigenvalue weighted by Gasteiger charge is 2.30. The molecule has 25 heavy (non-hydrogen) atoms. The summed E-state index contributed by atoms with van der Waals surface area (Å²) in [7, 11) is -2.82. The monoisotopic (exact) mass is 366 g/mol. The van der Waals surface area contributed by atoms with Crippen LogP contribution in [0.1, 0.15) is 18.4 Å². The van der Waals surface area contributed by atoms with Gasteiger partial charge in [-0.1, -0.05) is 18.2 Å². The second kappa shape index (κ2) is 7.74. The van der Waals surface area contributed by atoms with Crippen LogP contribution >= 0.6 is 0 Å². The van der Waals surface area contributed by atoms with Gasteiger partial charge in [-0.25, -0.2) is 8.42 Å². The van der Waals surface area contributed by atoms with E-state index >= 15 is 0 Å². The molecule has 0 aliphatic carbocycles. The SMILES string of the molecule is Cc1ccccc1OCC(=O)N1CCN(C2CCS(=O)(=O)CC2)CC1. The van der Waals surface area contributed by atoms with Crippen molar-refractivity contribution in [3.63, 3.8) is 0 Å². The minimum absolute atomic E-state index is 0.00845. The molecule has 1 aromatic carbocycles. The summed E-state index contributed by atoms with van der Waals surface area (Å²) in [4.78, 5) is 16.5. The number of para-hydroxylation sites is 1. The molecular weight excluding hydrogens is 340 g/mol. The van der Waals surface area contributed by atoms with Crippen molar-refractivity contribution in [2.75, 3.05) is 44.3 Å². The van der Waals surface area contributed by atoms with Crippen LogP contribution in [0.4, 0.5) is 0 Å². The molecule has 2 fully saturated rings. The summed E-state index contributed by atoms with van der Waals surface area (Å²) in [5.74, 6) is 1.34. The number of carbonyl (C=O) groups is 1. The number of rotatable bonds is 4. The van der Waals surface area contributed by atoms with Gasteiger partial charge in [0.1, 0.15) is 15.6 Å². The highest BCUT2D eigenvalue weighted by Crippen LogP contribution is 2.20. The van der Waals surface area contributed by atoms with E-state index in [1.54, 1.807) is 0 Å². The molecule has 0 saturated carbocycles. The molecule has 2 heterocycles. The van der Waals surface area contributed by atoms with Crippen LogP contribution in [-0.2, 0) is 14.6 Å². The van der Waals surface area contributed by atoms with Gasteiger partial charge in [-0.2, -0.15) is 0 Å². The van der Waals surface area contributed by atoms with Gasteiger partial charge in [0.25, 0.3) is 5.91 Å². The fourth-order valence-electron chi connectivity index (χ4n) is 3.53. The van der Waals surface area contributed by atoms with Crippen molar-refractivity contribution >= 4 is 15.7 Å². The van der Waals surface area contributed by atoms with Crippen molar-refractivity contribution in [2.24, 2.45) is 0 Å². The zero-order valence-electron chi connectivity index (χ0n) is 14.7. The Balaban J connectivity index is 1.44. The number of amides is 1. The number of benzene rings is 1. The van der Waals surface area contributed by atoms with E-state index in [4.69, 9.17) is 4.74 Å². The molecule has 2 aliphatic rings. The Morgan fingerprint density at radius 1 is 1.12 bits per heavy atom. The predicted octanol–water partition coefficient (Wildman–Crippen LogP) is 1.10. The number of hydrogen-bond donors (Lipinski definition) is 0. The summed E-state index contributed by atoms with van der Waals surface area (Å²) >= 11 is 0. The Hall–Kier alpha value is -1.60. The van der Waals surface area contributed by atoms with Crippen molar-refractivity contribution in [1.29, 1.82) is 0 Å². The lowest BCUT2D eigenvalue weighted by Crippen LogP contribution is -2.54. The van der Waals surface area contributed by atoms with E-state index in [9.17, 15) is 13.2 Å². The number of piperazine rings is 1. The van der Waals surface area contributed by atoms with E-state index in [0.29, 0.717) is 43.5 Å². The number of aryl methyl sites for hydroxylation is 1. The summed E-state index contributed by atoms with van der Waals surface area (Å²) < 4.78 is 28.7. The van der Waals surface area contributed by atoms with Gasteiger partial charge in [0.2, 0.25) is 0 Å². The average Bonchev–Trinajstić information content (AvgIpc) is 2.61. The second-order valence-corrected chi connectivity index (χ2v) is 9.16. The Bertz CT molecular complexity index is 698. The van der Waals surface area contributed by atoms with Crippen LogP contribution in [0.15, 0.2) is 24.3 Å². The molecule has 3 rings (SSSR count). The van der Waals surface area contributed by atoms with Crippen molar-refractivity contribution in [1.82, 2.24) is 9.80 Å². The largest absolute Gasteiger partial charge is 0.484 e. The molecule has 0 unspecified atom stereocenters. The highest BCUT2D eigenvalue weighted by atomic mass is 32.2. The molecule has 7 heteroatoms. The third-order valence-corrected chi connectivity index (χ3v) is 6.87. The maximum atomic E-state index is 12.4. The third kappa shape index (κ3) is 4.73. The average molecular weight is 366 g/mol. The van der Waals surface area contributed by atoms with Crippen LogP contribution in [0.25, 0.3) is 0 Å². The molecule has 0 bridgehead atoms. The van der Waals surface area contributed by atoms with E-state index in [-0.39, 0.29) is 12.5 Å². The fourth-order valence-corrected chi connectivity index (χ4v) is 4.99. The molecule has 6 nitrogen and oxygen atoms in total. The van der Waals surface area contributed by atoms with Gasteiger partial charge < -0.3 is 9.64 Å². The molecule has 0 radical (unpaired) electrons. The Morgan fingerprint density at radius 2 is 1.76 bits per heavy atom. The smallest absolute Gasteiger partial charge is 0.260 e. The van der Waals surface area contributed by atoms with Crippen molar-refractivity contribution in [2.45, 2.75) is 25.8 Å². The van der Waals surface area contributed by atoms with Gasteiger partial charge in [0.15, 0.2) is 6.61 Å².